The average Bonchev–Trinajstić information content (AvgIpc) is 3.24. The van der Waals surface area contributed by atoms with Crippen LogP contribution < -0.4 is 5.32 Å². The highest BCUT2D eigenvalue weighted by atomic mass is 79.9. The zero-order valence-electron chi connectivity index (χ0n) is 12.3. The smallest absolute Gasteiger partial charge is 0.107 e. The van der Waals surface area contributed by atoms with Gasteiger partial charge in [-0.2, -0.15) is 0 Å². The summed E-state index contributed by atoms with van der Waals surface area (Å²) in [6.45, 7) is 2.01. The van der Waals surface area contributed by atoms with Crippen LogP contribution in [0.5, 0.6) is 0 Å². The fraction of sp³-hybridized carbons (Fsp3) is 0.389. The minimum Gasteiger partial charge on any atom is -0.310 e. The average molecular weight is 375 g/mol. The molecule has 4 heteroatoms. The predicted molar refractivity (Wildman–Crippen MR) is 95.8 cm³/mol. The summed E-state index contributed by atoms with van der Waals surface area (Å²) in [6, 6.07) is 8.43. The summed E-state index contributed by atoms with van der Waals surface area (Å²) in [5, 5.41) is 4.79. The highest BCUT2D eigenvalue weighted by molar-refractivity contribution is 9.10. The Hall–Kier alpha value is -0.970. The van der Waals surface area contributed by atoms with Gasteiger partial charge in [-0.15, -0.1) is 11.3 Å². The van der Waals surface area contributed by atoms with Gasteiger partial charge < -0.3 is 5.32 Å². The molecule has 22 heavy (non-hydrogen) atoms. The van der Waals surface area contributed by atoms with E-state index >= 15 is 0 Å². The Morgan fingerprint density at radius 1 is 1.18 bits per heavy atom. The normalized spacial score (nSPS) is 26.0. The third kappa shape index (κ3) is 3.05. The third-order valence-corrected chi connectivity index (χ3v) is 6.36. The molecule has 4 rings (SSSR count). The maximum Gasteiger partial charge on any atom is 0.107 e. The molecule has 2 aromatic rings. The van der Waals surface area contributed by atoms with Crippen LogP contribution in [0.25, 0.3) is 10.4 Å². The molecule has 0 aliphatic heterocycles. The number of rotatable bonds is 5. The van der Waals surface area contributed by atoms with Crippen molar-refractivity contribution in [3.8, 4) is 10.4 Å². The van der Waals surface area contributed by atoms with E-state index in [1.54, 1.807) is 11.3 Å². The Morgan fingerprint density at radius 3 is 2.77 bits per heavy atom. The Morgan fingerprint density at radius 2 is 2.05 bits per heavy atom. The highest BCUT2D eigenvalue weighted by Crippen LogP contribution is 2.43. The molecule has 1 heterocycles. The van der Waals surface area contributed by atoms with Crippen molar-refractivity contribution >= 4 is 27.3 Å². The number of nitrogens with zero attached hydrogens (tertiary/aromatic N) is 1. The molecule has 0 saturated heterocycles. The van der Waals surface area contributed by atoms with Gasteiger partial charge in [-0.1, -0.05) is 40.2 Å². The molecule has 2 nitrogen and oxygen atoms in total. The molecule has 2 aliphatic carbocycles. The van der Waals surface area contributed by atoms with E-state index in [-0.39, 0.29) is 0 Å². The maximum atomic E-state index is 4.56. The first-order valence-corrected chi connectivity index (χ1v) is 9.48. The van der Waals surface area contributed by atoms with Crippen LogP contribution in [0, 0.1) is 17.8 Å². The number of nitrogens with one attached hydrogen (secondary N) is 1. The van der Waals surface area contributed by atoms with E-state index in [4.69, 9.17) is 0 Å². The number of benzene rings is 1. The number of halogens is 1. The fourth-order valence-corrected chi connectivity index (χ4v) is 4.79. The summed E-state index contributed by atoms with van der Waals surface area (Å²) in [5.74, 6) is 2.52. The first-order valence-electron chi connectivity index (χ1n) is 7.87. The predicted octanol–water partition coefficient (Wildman–Crippen LogP) is 4.87. The minimum absolute atomic E-state index is 0.826. The zero-order chi connectivity index (χ0) is 14.9. The van der Waals surface area contributed by atoms with Crippen LogP contribution in [-0.2, 0) is 6.54 Å². The lowest BCUT2D eigenvalue weighted by atomic mass is 9.94. The Labute approximate surface area is 143 Å². The van der Waals surface area contributed by atoms with Crippen LogP contribution >= 0.6 is 27.3 Å². The number of fused-ring (bicyclic) bond motifs is 2. The van der Waals surface area contributed by atoms with Crippen LogP contribution in [0.4, 0.5) is 0 Å². The molecule has 3 atom stereocenters. The van der Waals surface area contributed by atoms with Crippen LogP contribution in [0.1, 0.15) is 17.8 Å². The quantitative estimate of drug-likeness (QED) is 0.754. The topological polar surface area (TPSA) is 24.9 Å². The molecular formula is C18H19BrN2S. The van der Waals surface area contributed by atoms with Gasteiger partial charge in [0.05, 0.1) is 4.88 Å². The maximum absolute atomic E-state index is 4.56. The largest absolute Gasteiger partial charge is 0.310 e. The lowest BCUT2D eigenvalue weighted by molar-refractivity contribution is 0.414. The molecular weight excluding hydrogens is 356 g/mol. The Kier molecular flexibility index (Phi) is 4.16. The first-order chi connectivity index (χ1) is 10.8. The van der Waals surface area contributed by atoms with Crippen LogP contribution in [0.2, 0.25) is 0 Å². The summed E-state index contributed by atoms with van der Waals surface area (Å²) < 4.78 is 1.11. The molecule has 1 aromatic carbocycles. The lowest BCUT2D eigenvalue weighted by Gasteiger charge is -2.17. The number of hydrogen-bond acceptors (Lipinski definition) is 3. The van der Waals surface area contributed by atoms with E-state index in [0.29, 0.717) is 0 Å². The number of allylic oxidation sites excluding steroid dienone is 2. The van der Waals surface area contributed by atoms with Crippen molar-refractivity contribution in [2.24, 2.45) is 17.8 Å². The van der Waals surface area contributed by atoms with E-state index in [0.717, 1.165) is 35.3 Å². The highest BCUT2D eigenvalue weighted by Gasteiger charge is 2.34. The van der Waals surface area contributed by atoms with Gasteiger partial charge in [0.2, 0.25) is 0 Å². The molecule has 2 aliphatic rings. The molecule has 3 unspecified atom stereocenters. The standard InChI is InChI=1S/C18H19BrN2S/c19-16-5-3-13(4-6-16)17-10-21-18(22-17)11-20-9-15-8-12-1-2-14(15)7-12/h1-6,10,12,14-15,20H,7-9,11H2. The summed E-state index contributed by atoms with van der Waals surface area (Å²) in [5.41, 5.74) is 1.24. The summed E-state index contributed by atoms with van der Waals surface area (Å²) in [4.78, 5) is 5.80. The molecule has 1 N–H and O–H groups in total. The monoisotopic (exact) mass is 374 g/mol. The van der Waals surface area contributed by atoms with Crippen LogP contribution in [-0.4, -0.2) is 11.5 Å². The van der Waals surface area contributed by atoms with Crippen molar-refractivity contribution in [2.45, 2.75) is 19.4 Å². The molecule has 1 fully saturated rings. The van der Waals surface area contributed by atoms with Crippen molar-refractivity contribution in [3.63, 3.8) is 0 Å². The van der Waals surface area contributed by atoms with E-state index in [2.05, 4.69) is 62.6 Å². The lowest BCUT2D eigenvalue weighted by Crippen LogP contribution is -2.24. The summed E-state index contributed by atoms with van der Waals surface area (Å²) >= 11 is 5.26. The molecule has 1 aromatic heterocycles. The SMILES string of the molecule is Brc1ccc(-c2cnc(CNCC3CC4C=CC3C4)s2)cc1. The Bertz CT molecular complexity index is 677. The second kappa shape index (κ2) is 6.26. The van der Waals surface area contributed by atoms with Crippen molar-refractivity contribution < 1.29 is 0 Å². The van der Waals surface area contributed by atoms with Gasteiger partial charge in [-0.25, -0.2) is 4.98 Å². The molecule has 2 bridgehead atoms. The molecule has 0 amide bonds. The number of thiazole rings is 1. The van der Waals surface area contributed by atoms with E-state index in [1.807, 2.05) is 6.20 Å². The van der Waals surface area contributed by atoms with Gasteiger partial charge in [-0.05, 0) is 54.8 Å². The van der Waals surface area contributed by atoms with Crippen molar-refractivity contribution in [3.05, 3.63) is 52.1 Å². The zero-order valence-corrected chi connectivity index (χ0v) is 14.7. The number of hydrogen-bond donors (Lipinski definition) is 1. The second-order valence-electron chi connectivity index (χ2n) is 6.30. The van der Waals surface area contributed by atoms with Gasteiger partial charge in [-0.3, -0.25) is 0 Å². The first kappa shape index (κ1) is 14.6. The van der Waals surface area contributed by atoms with Crippen molar-refractivity contribution in [2.75, 3.05) is 6.54 Å². The van der Waals surface area contributed by atoms with E-state index < -0.39 is 0 Å². The third-order valence-electron chi connectivity index (χ3n) is 4.78. The van der Waals surface area contributed by atoms with Crippen molar-refractivity contribution in [1.82, 2.24) is 10.3 Å². The minimum atomic E-state index is 0.826. The molecule has 0 spiro atoms. The molecule has 0 radical (unpaired) electrons. The van der Waals surface area contributed by atoms with Crippen molar-refractivity contribution in [1.29, 1.82) is 0 Å². The van der Waals surface area contributed by atoms with Gasteiger partial charge in [0.1, 0.15) is 5.01 Å². The molecule has 114 valence electrons. The fourth-order valence-electron chi connectivity index (χ4n) is 3.63. The Balaban J connectivity index is 1.32. The second-order valence-corrected chi connectivity index (χ2v) is 8.33. The van der Waals surface area contributed by atoms with Gasteiger partial charge in [0, 0.05) is 17.2 Å². The van der Waals surface area contributed by atoms with Gasteiger partial charge in [0.15, 0.2) is 0 Å². The summed E-state index contributed by atoms with van der Waals surface area (Å²) in [6.07, 6.45) is 9.58. The van der Waals surface area contributed by atoms with Crippen LogP contribution in [0.15, 0.2) is 47.1 Å². The van der Waals surface area contributed by atoms with E-state index in [9.17, 15) is 0 Å². The van der Waals surface area contributed by atoms with Crippen LogP contribution in [0.3, 0.4) is 0 Å². The summed E-state index contributed by atoms with van der Waals surface area (Å²) in [7, 11) is 0. The molecule has 1 saturated carbocycles. The van der Waals surface area contributed by atoms with Gasteiger partial charge >= 0.3 is 0 Å². The number of aromatic nitrogens is 1. The van der Waals surface area contributed by atoms with E-state index in [1.165, 1.54) is 28.3 Å². The van der Waals surface area contributed by atoms with Gasteiger partial charge in [0.25, 0.3) is 0 Å².